The van der Waals surface area contributed by atoms with Crippen LogP contribution in [-0.2, 0) is 11.3 Å². The molecule has 2 heterocycles. The van der Waals surface area contributed by atoms with Crippen LogP contribution in [-0.4, -0.2) is 35.1 Å². The van der Waals surface area contributed by atoms with Gasteiger partial charge in [0.2, 0.25) is 0 Å². The fourth-order valence-electron chi connectivity index (χ4n) is 3.05. The maximum absolute atomic E-state index is 12.0. The summed E-state index contributed by atoms with van der Waals surface area (Å²) in [4.78, 5) is 12.0. The Morgan fingerprint density at radius 1 is 1.28 bits per heavy atom. The zero-order valence-corrected chi connectivity index (χ0v) is 14.7. The Bertz CT molecular complexity index is 692. The van der Waals surface area contributed by atoms with E-state index in [1.165, 1.54) is 6.42 Å². The van der Waals surface area contributed by atoms with E-state index >= 15 is 0 Å². The molecule has 2 aromatic rings. The lowest BCUT2D eigenvalue weighted by molar-refractivity contribution is 0.0120. The Balaban J connectivity index is 1.47. The molecule has 1 saturated heterocycles. The summed E-state index contributed by atoms with van der Waals surface area (Å²) < 4.78 is 7.51. The number of ether oxygens (including phenoxy) is 1. The molecule has 0 bridgehead atoms. The number of carbonyl (C=O) groups is 1. The van der Waals surface area contributed by atoms with Crippen molar-refractivity contribution in [2.45, 2.75) is 45.3 Å². The van der Waals surface area contributed by atoms with Crippen LogP contribution in [0.5, 0.6) is 0 Å². The normalized spacial score (nSPS) is 17.2. The minimum atomic E-state index is -0.151. The quantitative estimate of drug-likeness (QED) is 0.848. The highest BCUT2D eigenvalue weighted by atomic mass is 16.5. The van der Waals surface area contributed by atoms with Gasteiger partial charge < -0.3 is 15.4 Å². The molecular formula is C19H26N4O2. The smallest absolute Gasteiger partial charge is 0.315 e. The molecule has 2 amide bonds. The third kappa shape index (κ3) is 5.06. The molecule has 134 valence electrons. The topological polar surface area (TPSA) is 68.2 Å². The van der Waals surface area contributed by atoms with Gasteiger partial charge in [0.25, 0.3) is 0 Å². The molecule has 0 radical (unpaired) electrons. The number of amides is 2. The number of hydrogen-bond donors (Lipinski definition) is 2. The van der Waals surface area contributed by atoms with Crippen molar-refractivity contribution in [3.05, 3.63) is 47.8 Å². The molecule has 25 heavy (non-hydrogen) atoms. The Morgan fingerprint density at radius 2 is 2.16 bits per heavy atom. The van der Waals surface area contributed by atoms with Crippen molar-refractivity contribution in [2.24, 2.45) is 0 Å². The van der Waals surface area contributed by atoms with Crippen molar-refractivity contribution in [1.82, 2.24) is 20.4 Å². The van der Waals surface area contributed by atoms with Gasteiger partial charge in [-0.1, -0.05) is 18.2 Å². The molecule has 0 unspecified atom stereocenters. The minimum Gasteiger partial charge on any atom is -0.378 e. The molecule has 1 aromatic heterocycles. The lowest BCUT2D eigenvalue weighted by Crippen LogP contribution is -2.37. The number of aryl methyl sites for hydroxylation is 1. The molecule has 0 spiro atoms. The van der Waals surface area contributed by atoms with Crippen molar-refractivity contribution < 1.29 is 9.53 Å². The summed E-state index contributed by atoms with van der Waals surface area (Å²) in [6, 6.07) is 9.76. The Hall–Kier alpha value is -2.34. The van der Waals surface area contributed by atoms with Crippen LogP contribution in [0.25, 0.3) is 5.69 Å². The van der Waals surface area contributed by atoms with E-state index in [1.807, 2.05) is 48.1 Å². The molecule has 0 aliphatic carbocycles. The summed E-state index contributed by atoms with van der Waals surface area (Å²) in [7, 11) is 0. The highest BCUT2D eigenvalue weighted by molar-refractivity contribution is 5.73. The van der Waals surface area contributed by atoms with E-state index in [0.29, 0.717) is 13.1 Å². The van der Waals surface area contributed by atoms with E-state index < -0.39 is 0 Å². The third-order valence-corrected chi connectivity index (χ3v) is 4.43. The first-order valence-corrected chi connectivity index (χ1v) is 8.96. The van der Waals surface area contributed by atoms with Crippen LogP contribution in [0.1, 0.15) is 36.9 Å². The van der Waals surface area contributed by atoms with Gasteiger partial charge in [0.05, 0.1) is 17.5 Å². The minimum absolute atomic E-state index is 0.151. The van der Waals surface area contributed by atoms with Crippen LogP contribution in [0, 0.1) is 6.92 Å². The summed E-state index contributed by atoms with van der Waals surface area (Å²) in [5, 5.41) is 10.3. The average molecular weight is 342 g/mol. The second-order valence-electron chi connectivity index (χ2n) is 6.42. The number of para-hydroxylation sites is 1. The van der Waals surface area contributed by atoms with Gasteiger partial charge in [0.15, 0.2) is 0 Å². The van der Waals surface area contributed by atoms with Crippen LogP contribution < -0.4 is 10.6 Å². The Labute approximate surface area is 148 Å². The molecular weight excluding hydrogens is 316 g/mol. The molecule has 0 saturated carbocycles. The number of carbonyl (C=O) groups excluding carboxylic acids is 1. The first-order valence-electron chi connectivity index (χ1n) is 8.96. The molecule has 1 atom stereocenters. The SMILES string of the molecule is Cc1ccn(-c2ccccc2CNC(=O)NCC[C@@H]2CCCCO2)n1. The number of hydrogen-bond acceptors (Lipinski definition) is 3. The Kier molecular flexibility index (Phi) is 6.06. The van der Waals surface area contributed by atoms with Crippen molar-refractivity contribution in [3.8, 4) is 5.69 Å². The highest BCUT2D eigenvalue weighted by Crippen LogP contribution is 2.15. The lowest BCUT2D eigenvalue weighted by Gasteiger charge is -2.22. The van der Waals surface area contributed by atoms with Crippen molar-refractivity contribution in [1.29, 1.82) is 0 Å². The maximum Gasteiger partial charge on any atom is 0.315 e. The van der Waals surface area contributed by atoms with Gasteiger partial charge in [-0.25, -0.2) is 9.48 Å². The number of benzene rings is 1. The van der Waals surface area contributed by atoms with Gasteiger partial charge in [-0.2, -0.15) is 5.10 Å². The van der Waals surface area contributed by atoms with Crippen LogP contribution in [0.15, 0.2) is 36.5 Å². The van der Waals surface area contributed by atoms with Gasteiger partial charge in [-0.05, 0) is 50.3 Å². The average Bonchev–Trinajstić information content (AvgIpc) is 3.07. The Morgan fingerprint density at radius 3 is 2.92 bits per heavy atom. The second kappa shape index (κ2) is 8.67. The van der Waals surface area contributed by atoms with Gasteiger partial charge in [-0.3, -0.25) is 0 Å². The summed E-state index contributed by atoms with van der Waals surface area (Å²) in [5.74, 6) is 0. The number of urea groups is 1. The fourth-order valence-corrected chi connectivity index (χ4v) is 3.05. The maximum atomic E-state index is 12.0. The molecule has 6 nitrogen and oxygen atoms in total. The van der Waals surface area contributed by atoms with E-state index in [0.717, 1.165) is 42.8 Å². The van der Waals surface area contributed by atoms with E-state index in [9.17, 15) is 4.79 Å². The predicted molar refractivity (Wildman–Crippen MR) is 96.7 cm³/mol. The molecule has 1 aliphatic rings. The van der Waals surface area contributed by atoms with Crippen molar-refractivity contribution >= 4 is 6.03 Å². The van der Waals surface area contributed by atoms with E-state index in [2.05, 4.69) is 15.7 Å². The van der Waals surface area contributed by atoms with E-state index in [-0.39, 0.29) is 12.1 Å². The third-order valence-electron chi connectivity index (χ3n) is 4.43. The van der Waals surface area contributed by atoms with Crippen LogP contribution >= 0.6 is 0 Å². The lowest BCUT2D eigenvalue weighted by atomic mass is 10.1. The fraction of sp³-hybridized carbons (Fsp3) is 0.474. The van der Waals surface area contributed by atoms with Gasteiger partial charge >= 0.3 is 6.03 Å². The standard InChI is InChI=1S/C19H26N4O2/c1-15-10-12-23(22-15)18-8-3-2-6-16(18)14-21-19(24)20-11-9-17-7-4-5-13-25-17/h2-3,6,8,10,12,17H,4-5,7,9,11,13-14H2,1H3,(H2,20,21,24)/t17-/m0/s1. The predicted octanol–water partition coefficient (Wildman–Crippen LogP) is 2.94. The number of nitrogens with one attached hydrogen (secondary N) is 2. The number of nitrogens with zero attached hydrogens (tertiary/aromatic N) is 2. The monoisotopic (exact) mass is 342 g/mol. The van der Waals surface area contributed by atoms with E-state index in [4.69, 9.17) is 4.74 Å². The first kappa shape index (κ1) is 17.5. The summed E-state index contributed by atoms with van der Waals surface area (Å²) in [6.07, 6.45) is 6.56. The van der Waals surface area contributed by atoms with Gasteiger partial charge in [0.1, 0.15) is 0 Å². The molecule has 3 rings (SSSR count). The van der Waals surface area contributed by atoms with Crippen molar-refractivity contribution in [2.75, 3.05) is 13.2 Å². The van der Waals surface area contributed by atoms with Gasteiger partial charge in [0, 0.05) is 25.9 Å². The van der Waals surface area contributed by atoms with E-state index in [1.54, 1.807) is 0 Å². The zero-order valence-electron chi connectivity index (χ0n) is 14.7. The molecule has 6 heteroatoms. The highest BCUT2D eigenvalue weighted by Gasteiger charge is 2.13. The van der Waals surface area contributed by atoms with Crippen LogP contribution in [0.3, 0.4) is 0 Å². The molecule has 1 aromatic carbocycles. The summed E-state index contributed by atoms with van der Waals surface area (Å²) in [6.45, 7) is 3.90. The molecule has 2 N–H and O–H groups in total. The second-order valence-corrected chi connectivity index (χ2v) is 6.42. The number of rotatable bonds is 6. The van der Waals surface area contributed by atoms with Gasteiger partial charge in [-0.15, -0.1) is 0 Å². The number of aromatic nitrogens is 2. The largest absolute Gasteiger partial charge is 0.378 e. The van der Waals surface area contributed by atoms with Crippen LogP contribution in [0.2, 0.25) is 0 Å². The van der Waals surface area contributed by atoms with Crippen molar-refractivity contribution in [3.63, 3.8) is 0 Å². The van der Waals surface area contributed by atoms with Crippen LogP contribution in [0.4, 0.5) is 4.79 Å². The first-order chi connectivity index (χ1) is 12.2. The zero-order chi connectivity index (χ0) is 17.5. The molecule has 1 fully saturated rings. The molecule has 1 aliphatic heterocycles. The summed E-state index contributed by atoms with van der Waals surface area (Å²) in [5.41, 5.74) is 2.97. The summed E-state index contributed by atoms with van der Waals surface area (Å²) >= 11 is 0.